The smallest absolute Gasteiger partial charge is 0.336 e. The van der Waals surface area contributed by atoms with E-state index in [2.05, 4.69) is 18.5 Å². The highest BCUT2D eigenvalue weighted by Gasteiger charge is 2.52. The molecule has 3 rings (SSSR count). The summed E-state index contributed by atoms with van der Waals surface area (Å²) in [5.74, 6) is -3.12. The number of hydrogen-bond donors (Lipinski definition) is 2. The molecule has 2 aromatic carbocycles. The van der Waals surface area contributed by atoms with Crippen molar-refractivity contribution in [1.82, 2.24) is 5.32 Å². The van der Waals surface area contributed by atoms with Crippen LogP contribution >= 0.6 is 11.6 Å². The number of carbonyl (C=O) groups excluding carboxylic acids is 2. The molecule has 0 heterocycles. The van der Waals surface area contributed by atoms with Gasteiger partial charge in [0, 0.05) is 29.6 Å². The van der Waals surface area contributed by atoms with Crippen molar-refractivity contribution in [2.75, 3.05) is 19.8 Å². The van der Waals surface area contributed by atoms with E-state index < -0.39 is 29.4 Å². The van der Waals surface area contributed by atoms with Gasteiger partial charge in [0.2, 0.25) is 0 Å². The number of halogens is 1. The molecule has 0 saturated heterocycles. The van der Waals surface area contributed by atoms with Gasteiger partial charge in [0.15, 0.2) is 0 Å². The zero-order valence-corrected chi connectivity index (χ0v) is 21.2. The minimum Gasteiger partial charge on any atom is -0.461 e. The minimum atomic E-state index is -1.51. The monoisotopic (exact) mass is 509 g/mol. The van der Waals surface area contributed by atoms with Gasteiger partial charge in [0.25, 0.3) is 0 Å². The summed E-state index contributed by atoms with van der Waals surface area (Å²) in [6, 6.07) is 16.8. The van der Waals surface area contributed by atoms with E-state index in [-0.39, 0.29) is 25.2 Å². The molecule has 3 unspecified atom stereocenters. The predicted octanol–water partition coefficient (Wildman–Crippen LogP) is 4.74. The molecule has 2 N–H and O–H groups in total. The molecule has 36 heavy (non-hydrogen) atoms. The van der Waals surface area contributed by atoms with Crippen molar-refractivity contribution in [2.24, 2.45) is 5.92 Å². The van der Waals surface area contributed by atoms with Gasteiger partial charge in [-0.2, -0.15) is 0 Å². The number of esters is 2. The van der Waals surface area contributed by atoms with Gasteiger partial charge in [0.05, 0.1) is 17.1 Å². The second kappa shape index (κ2) is 12.6. The van der Waals surface area contributed by atoms with Crippen LogP contribution in [-0.4, -0.2) is 42.4 Å². The van der Waals surface area contributed by atoms with Gasteiger partial charge in [-0.25, -0.2) is 4.79 Å². The Morgan fingerprint density at radius 3 is 2.36 bits per heavy atom. The van der Waals surface area contributed by atoms with Crippen LogP contribution in [0.3, 0.4) is 0 Å². The number of benzene rings is 2. The highest BCUT2D eigenvalue weighted by molar-refractivity contribution is 6.30. The molecule has 0 amide bonds. The SMILES string of the molecule is C=CCOC(=O)C1=C(NCCc2ccccc2)CC(C)(O)C(C(=O)OCC=C)C1c1ccc(Cl)cc1. The lowest BCUT2D eigenvalue weighted by Gasteiger charge is -2.43. The van der Waals surface area contributed by atoms with Crippen LogP contribution in [0, 0.1) is 5.92 Å². The van der Waals surface area contributed by atoms with Crippen molar-refractivity contribution in [3.05, 3.63) is 107 Å². The molecule has 0 aromatic heterocycles. The first-order chi connectivity index (χ1) is 17.3. The second-order valence-corrected chi connectivity index (χ2v) is 9.34. The van der Waals surface area contributed by atoms with E-state index in [0.717, 1.165) is 5.56 Å². The third kappa shape index (κ3) is 6.65. The maximum absolute atomic E-state index is 13.4. The Balaban J connectivity index is 2.09. The number of aliphatic hydroxyl groups is 1. The van der Waals surface area contributed by atoms with Gasteiger partial charge in [0.1, 0.15) is 13.2 Å². The van der Waals surface area contributed by atoms with Crippen LogP contribution in [0.4, 0.5) is 0 Å². The Labute approximate surface area is 217 Å². The first-order valence-corrected chi connectivity index (χ1v) is 12.2. The van der Waals surface area contributed by atoms with E-state index in [4.69, 9.17) is 21.1 Å². The van der Waals surface area contributed by atoms with Crippen molar-refractivity contribution < 1.29 is 24.2 Å². The Bertz CT molecular complexity index is 1110. The van der Waals surface area contributed by atoms with E-state index in [0.29, 0.717) is 29.2 Å². The molecule has 7 heteroatoms. The summed E-state index contributed by atoms with van der Waals surface area (Å²) in [4.78, 5) is 26.6. The van der Waals surface area contributed by atoms with Crippen LogP contribution in [0.15, 0.2) is 91.2 Å². The van der Waals surface area contributed by atoms with Crippen LogP contribution in [0.1, 0.15) is 30.4 Å². The second-order valence-electron chi connectivity index (χ2n) is 8.90. The van der Waals surface area contributed by atoms with Crippen LogP contribution in [-0.2, 0) is 25.5 Å². The van der Waals surface area contributed by atoms with Gasteiger partial charge in [-0.1, -0.05) is 79.4 Å². The summed E-state index contributed by atoms with van der Waals surface area (Å²) in [7, 11) is 0. The van der Waals surface area contributed by atoms with E-state index in [1.165, 1.54) is 12.2 Å². The topological polar surface area (TPSA) is 84.9 Å². The quantitative estimate of drug-likeness (QED) is 0.336. The zero-order valence-electron chi connectivity index (χ0n) is 20.4. The summed E-state index contributed by atoms with van der Waals surface area (Å²) >= 11 is 6.12. The molecule has 0 aliphatic heterocycles. The van der Waals surface area contributed by atoms with Crippen molar-refractivity contribution in [1.29, 1.82) is 0 Å². The number of rotatable bonds is 11. The summed E-state index contributed by atoms with van der Waals surface area (Å²) in [6.45, 7) is 9.31. The fourth-order valence-electron chi connectivity index (χ4n) is 4.55. The van der Waals surface area contributed by atoms with Crippen molar-refractivity contribution in [2.45, 2.75) is 31.3 Å². The normalized spacial score (nSPS) is 21.4. The van der Waals surface area contributed by atoms with E-state index in [1.807, 2.05) is 30.3 Å². The molecule has 1 aliphatic rings. The molecule has 2 aromatic rings. The number of nitrogens with one attached hydrogen (secondary N) is 1. The highest BCUT2D eigenvalue weighted by Crippen LogP contribution is 2.47. The lowest BCUT2D eigenvalue weighted by atomic mass is 9.66. The van der Waals surface area contributed by atoms with E-state index in [9.17, 15) is 14.7 Å². The Morgan fingerprint density at radius 1 is 1.08 bits per heavy atom. The maximum Gasteiger partial charge on any atom is 0.336 e. The average Bonchev–Trinajstić information content (AvgIpc) is 2.86. The standard InChI is InChI=1S/C29H32ClNO5/c1-4-17-35-27(32)25-23(31-16-15-20-9-7-6-8-10-20)19-29(3,34)26(28(33)36-18-5-2)24(25)21-11-13-22(30)14-12-21/h4-14,24,26,31,34H,1-2,15-19H2,3H3. The summed E-state index contributed by atoms with van der Waals surface area (Å²) in [6.07, 6.45) is 3.68. The van der Waals surface area contributed by atoms with Crippen LogP contribution in [0.5, 0.6) is 0 Å². The lowest BCUT2D eigenvalue weighted by molar-refractivity contribution is -0.159. The molecular weight excluding hydrogens is 478 g/mol. The maximum atomic E-state index is 13.4. The van der Waals surface area contributed by atoms with Gasteiger partial charge < -0.3 is 19.9 Å². The Kier molecular flexibility index (Phi) is 9.51. The first kappa shape index (κ1) is 27.2. The molecule has 0 spiro atoms. The number of carbonyl (C=O) groups is 2. The number of hydrogen-bond acceptors (Lipinski definition) is 6. The van der Waals surface area contributed by atoms with Gasteiger partial charge in [-0.3, -0.25) is 4.79 Å². The molecule has 190 valence electrons. The molecule has 0 bridgehead atoms. The molecule has 0 saturated carbocycles. The average molecular weight is 510 g/mol. The molecule has 1 aliphatic carbocycles. The predicted molar refractivity (Wildman–Crippen MR) is 140 cm³/mol. The van der Waals surface area contributed by atoms with Crippen LogP contribution < -0.4 is 5.32 Å². The molecule has 0 fully saturated rings. The largest absolute Gasteiger partial charge is 0.461 e. The molecular formula is C29H32ClNO5. The molecule has 6 nitrogen and oxygen atoms in total. The minimum absolute atomic E-state index is 0.00887. The lowest BCUT2D eigenvalue weighted by Crippen LogP contribution is -2.50. The fourth-order valence-corrected chi connectivity index (χ4v) is 4.68. The summed E-state index contributed by atoms with van der Waals surface area (Å²) < 4.78 is 10.8. The van der Waals surface area contributed by atoms with E-state index >= 15 is 0 Å². The molecule has 0 radical (unpaired) electrons. The zero-order chi connectivity index (χ0) is 26.1. The Morgan fingerprint density at radius 2 is 1.72 bits per heavy atom. The highest BCUT2D eigenvalue weighted by atomic mass is 35.5. The van der Waals surface area contributed by atoms with Crippen LogP contribution in [0.25, 0.3) is 0 Å². The summed E-state index contributed by atoms with van der Waals surface area (Å²) in [5.41, 5.74) is 1.05. The van der Waals surface area contributed by atoms with Crippen molar-refractivity contribution >= 4 is 23.5 Å². The van der Waals surface area contributed by atoms with Gasteiger partial charge in [-0.15, -0.1) is 0 Å². The molecule has 3 atom stereocenters. The third-order valence-corrected chi connectivity index (χ3v) is 6.40. The van der Waals surface area contributed by atoms with Crippen molar-refractivity contribution in [3.8, 4) is 0 Å². The van der Waals surface area contributed by atoms with Gasteiger partial charge in [-0.05, 0) is 36.6 Å². The van der Waals surface area contributed by atoms with Crippen LogP contribution in [0.2, 0.25) is 5.02 Å². The fraction of sp³-hybridized carbons (Fsp3) is 0.310. The number of ether oxygens (including phenoxy) is 2. The van der Waals surface area contributed by atoms with Crippen molar-refractivity contribution in [3.63, 3.8) is 0 Å². The van der Waals surface area contributed by atoms with E-state index in [1.54, 1.807) is 31.2 Å². The first-order valence-electron chi connectivity index (χ1n) is 11.8. The third-order valence-electron chi connectivity index (χ3n) is 6.15. The Hall–Kier alpha value is -3.35. The summed E-state index contributed by atoms with van der Waals surface area (Å²) in [5, 5.41) is 15.4. The van der Waals surface area contributed by atoms with Gasteiger partial charge >= 0.3 is 11.9 Å².